The highest BCUT2D eigenvalue weighted by molar-refractivity contribution is 5.93. The van der Waals surface area contributed by atoms with Crippen molar-refractivity contribution in [2.45, 2.75) is 32.4 Å². The van der Waals surface area contributed by atoms with E-state index in [0.29, 0.717) is 30.8 Å². The number of aromatic amines is 1. The van der Waals surface area contributed by atoms with Crippen molar-refractivity contribution < 1.29 is 18.0 Å². The van der Waals surface area contributed by atoms with Gasteiger partial charge in [-0.1, -0.05) is 6.07 Å². The van der Waals surface area contributed by atoms with Crippen molar-refractivity contribution in [2.75, 3.05) is 23.3 Å². The van der Waals surface area contributed by atoms with Gasteiger partial charge in [-0.3, -0.25) is 4.79 Å². The number of aryl methyl sites for hydroxylation is 1. The number of carbonyl (C=O) groups excluding carboxylic acids is 1. The highest BCUT2D eigenvalue weighted by Gasteiger charge is 2.33. The molecule has 3 rings (SSSR count). The summed E-state index contributed by atoms with van der Waals surface area (Å²) >= 11 is 0. The van der Waals surface area contributed by atoms with Crippen LogP contribution in [0.1, 0.15) is 31.0 Å². The number of rotatable bonds is 9. The van der Waals surface area contributed by atoms with Crippen molar-refractivity contribution >= 4 is 34.5 Å². The predicted octanol–water partition coefficient (Wildman–Crippen LogP) is 5.02. The van der Waals surface area contributed by atoms with Gasteiger partial charge >= 0.3 is 6.18 Å². The van der Waals surface area contributed by atoms with Crippen molar-refractivity contribution in [3.63, 3.8) is 0 Å². The topological polar surface area (TPSA) is 84.9 Å². The van der Waals surface area contributed by atoms with Crippen LogP contribution in [0.5, 0.6) is 0 Å². The third-order valence-corrected chi connectivity index (χ3v) is 4.93. The lowest BCUT2D eigenvalue weighted by atomic mass is 10.1. The van der Waals surface area contributed by atoms with E-state index in [1.54, 1.807) is 11.0 Å². The summed E-state index contributed by atoms with van der Waals surface area (Å²) in [6.45, 7) is 2.64. The van der Waals surface area contributed by atoms with Gasteiger partial charge in [-0.25, -0.2) is 4.98 Å². The van der Waals surface area contributed by atoms with Crippen molar-refractivity contribution in [3.8, 4) is 0 Å². The Morgan fingerprint density at radius 2 is 2.06 bits per heavy atom. The minimum absolute atomic E-state index is 0.105. The number of aromatic nitrogens is 2. The van der Waals surface area contributed by atoms with Crippen LogP contribution in [0.15, 0.2) is 42.6 Å². The maximum absolute atomic E-state index is 13.2. The number of hydrogen-bond donors (Lipinski definition) is 3. The Morgan fingerprint density at radius 3 is 2.77 bits per heavy atom. The molecule has 0 atom stereocenters. The molecule has 1 amide bonds. The van der Waals surface area contributed by atoms with Gasteiger partial charge in [-0.15, -0.1) is 0 Å². The number of alkyl halides is 3. The molecule has 0 aliphatic rings. The molecule has 9 heteroatoms. The minimum Gasteiger partial charge on any atom is -0.361 e. The highest BCUT2D eigenvalue weighted by atomic mass is 19.4. The Morgan fingerprint density at radius 1 is 1.26 bits per heavy atom. The lowest BCUT2D eigenvalue weighted by Gasteiger charge is -2.25. The SMILES string of the molecule is CCN(CCC=N)c1nc(C(F)(F)F)ccc1CCC(=O)Nc1ccc2[nH]ccc2c1. The Labute approximate surface area is 178 Å². The fraction of sp³-hybridized carbons (Fsp3) is 0.318. The van der Waals surface area contributed by atoms with Gasteiger partial charge < -0.3 is 20.6 Å². The number of benzene rings is 1. The van der Waals surface area contributed by atoms with Crippen LogP contribution in [-0.2, 0) is 17.4 Å². The molecular formula is C22H24F3N5O. The number of fused-ring (bicyclic) bond motifs is 1. The Balaban J connectivity index is 1.75. The van der Waals surface area contributed by atoms with E-state index in [2.05, 4.69) is 15.3 Å². The van der Waals surface area contributed by atoms with E-state index in [-0.39, 0.29) is 24.6 Å². The monoisotopic (exact) mass is 431 g/mol. The van der Waals surface area contributed by atoms with Gasteiger partial charge in [0.15, 0.2) is 0 Å². The fourth-order valence-corrected chi connectivity index (χ4v) is 3.34. The summed E-state index contributed by atoms with van der Waals surface area (Å²) in [5, 5.41) is 11.0. The summed E-state index contributed by atoms with van der Waals surface area (Å²) in [6.07, 6.45) is -0.777. The summed E-state index contributed by atoms with van der Waals surface area (Å²) in [6, 6.07) is 9.74. The van der Waals surface area contributed by atoms with Crippen LogP contribution in [-0.4, -0.2) is 35.2 Å². The van der Waals surface area contributed by atoms with Gasteiger partial charge in [-0.05, 0) is 61.9 Å². The number of hydrogen-bond acceptors (Lipinski definition) is 4. The van der Waals surface area contributed by atoms with E-state index in [9.17, 15) is 18.0 Å². The first kappa shape index (κ1) is 22.3. The van der Waals surface area contributed by atoms with Gasteiger partial charge in [0.05, 0.1) is 0 Å². The van der Waals surface area contributed by atoms with Crippen LogP contribution in [0, 0.1) is 5.41 Å². The first-order chi connectivity index (χ1) is 14.8. The number of nitrogens with zero attached hydrogens (tertiary/aromatic N) is 2. The normalized spacial score (nSPS) is 11.5. The molecule has 0 saturated carbocycles. The third-order valence-electron chi connectivity index (χ3n) is 4.93. The molecule has 2 aromatic heterocycles. The number of pyridine rings is 1. The number of anilines is 2. The molecule has 2 heterocycles. The molecule has 0 radical (unpaired) electrons. The van der Waals surface area contributed by atoms with E-state index in [4.69, 9.17) is 5.41 Å². The molecule has 0 spiro atoms. The maximum atomic E-state index is 13.2. The first-order valence-corrected chi connectivity index (χ1v) is 9.99. The summed E-state index contributed by atoms with van der Waals surface area (Å²) in [5.74, 6) is -0.0241. The maximum Gasteiger partial charge on any atom is 0.433 e. The second kappa shape index (κ2) is 9.63. The van der Waals surface area contributed by atoms with Gasteiger partial charge in [0, 0.05) is 42.3 Å². The van der Waals surface area contributed by atoms with Gasteiger partial charge in [0.2, 0.25) is 5.91 Å². The zero-order chi connectivity index (χ0) is 22.4. The zero-order valence-electron chi connectivity index (χ0n) is 17.1. The quantitative estimate of drug-likeness (QED) is 0.416. The summed E-state index contributed by atoms with van der Waals surface area (Å²) < 4.78 is 39.5. The molecule has 0 aliphatic heterocycles. The second-order valence-corrected chi connectivity index (χ2v) is 7.08. The largest absolute Gasteiger partial charge is 0.433 e. The standard InChI is InChI=1S/C22H24F3N5O/c1-2-30(13-3-11-26)21-15(4-8-19(29-21)22(23,24)25)5-9-20(31)28-17-6-7-18-16(14-17)10-12-27-18/h4,6-8,10-12,14,26-27H,2-3,5,9,13H2,1H3,(H,28,31). The summed E-state index contributed by atoms with van der Waals surface area (Å²) in [5.41, 5.74) is 1.21. The molecule has 6 nitrogen and oxygen atoms in total. The van der Waals surface area contributed by atoms with Gasteiger partial charge in [0.1, 0.15) is 11.5 Å². The minimum atomic E-state index is -4.55. The van der Waals surface area contributed by atoms with Gasteiger partial charge in [-0.2, -0.15) is 13.2 Å². The van der Waals surface area contributed by atoms with Crippen molar-refractivity contribution in [1.29, 1.82) is 5.41 Å². The average Bonchev–Trinajstić information content (AvgIpc) is 3.20. The van der Waals surface area contributed by atoms with E-state index in [1.165, 1.54) is 12.3 Å². The van der Waals surface area contributed by atoms with Crippen LogP contribution in [0.25, 0.3) is 10.9 Å². The molecule has 31 heavy (non-hydrogen) atoms. The molecule has 0 aliphatic carbocycles. The Kier molecular flexibility index (Phi) is 6.94. The van der Waals surface area contributed by atoms with Crippen LogP contribution >= 0.6 is 0 Å². The number of nitrogens with one attached hydrogen (secondary N) is 3. The molecule has 1 aromatic carbocycles. The number of halogens is 3. The van der Waals surface area contributed by atoms with E-state index in [1.807, 2.05) is 31.3 Å². The molecule has 164 valence electrons. The van der Waals surface area contributed by atoms with Crippen LogP contribution < -0.4 is 10.2 Å². The Bertz CT molecular complexity index is 1060. The van der Waals surface area contributed by atoms with Crippen molar-refractivity contribution in [3.05, 3.63) is 53.9 Å². The summed E-state index contributed by atoms with van der Waals surface area (Å²) in [4.78, 5) is 21.1. The molecule has 0 unspecified atom stereocenters. The average molecular weight is 431 g/mol. The summed E-state index contributed by atoms with van der Waals surface area (Å²) in [7, 11) is 0. The smallest absolute Gasteiger partial charge is 0.361 e. The molecule has 3 aromatic rings. The molecule has 0 fully saturated rings. The van der Waals surface area contributed by atoms with E-state index >= 15 is 0 Å². The van der Waals surface area contributed by atoms with E-state index in [0.717, 1.165) is 17.0 Å². The lowest BCUT2D eigenvalue weighted by Crippen LogP contribution is -2.27. The molecule has 0 saturated heterocycles. The van der Waals surface area contributed by atoms with Gasteiger partial charge in [0.25, 0.3) is 0 Å². The first-order valence-electron chi connectivity index (χ1n) is 9.99. The number of carbonyl (C=O) groups is 1. The lowest BCUT2D eigenvalue weighted by molar-refractivity contribution is -0.141. The number of H-pyrrole nitrogens is 1. The predicted molar refractivity (Wildman–Crippen MR) is 116 cm³/mol. The van der Waals surface area contributed by atoms with Crippen LogP contribution in [0.2, 0.25) is 0 Å². The van der Waals surface area contributed by atoms with Crippen LogP contribution in [0.3, 0.4) is 0 Å². The second-order valence-electron chi connectivity index (χ2n) is 7.08. The van der Waals surface area contributed by atoms with Crippen molar-refractivity contribution in [1.82, 2.24) is 9.97 Å². The molecule has 0 bridgehead atoms. The van der Waals surface area contributed by atoms with Crippen molar-refractivity contribution in [2.24, 2.45) is 0 Å². The third kappa shape index (κ3) is 5.62. The van der Waals surface area contributed by atoms with Crippen LogP contribution in [0.4, 0.5) is 24.7 Å². The van der Waals surface area contributed by atoms with E-state index < -0.39 is 11.9 Å². The molecular weight excluding hydrogens is 407 g/mol. The fourth-order valence-electron chi connectivity index (χ4n) is 3.34. The Hall–Kier alpha value is -3.36. The molecule has 3 N–H and O–H groups in total. The number of amides is 1. The highest BCUT2D eigenvalue weighted by Crippen LogP contribution is 2.31. The zero-order valence-corrected chi connectivity index (χ0v) is 17.1.